The minimum atomic E-state index is -2.12. The molecule has 4 N–H and O–H groups in total. The molecule has 7 heteroatoms. The summed E-state index contributed by atoms with van der Waals surface area (Å²) in [6, 6.07) is 15.9. The summed E-state index contributed by atoms with van der Waals surface area (Å²) in [6.07, 6.45) is 1.65. The van der Waals surface area contributed by atoms with E-state index in [2.05, 4.69) is 4.98 Å². The number of carbonyl (C=O) groups is 1. The fourth-order valence-electron chi connectivity index (χ4n) is 2.63. The lowest BCUT2D eigenvalue weighted by molar-refractivity contribution is 0.100. The van der Waals surface area contributed by atoms with E-state index in [1.54, 1.807) is 36.5 Å². The molecule has 1 unspecified atom stereocenters. The number of hydrogen-bond acceptors (Lipinski definition) is 5. The predicted octanol–water partition coefficient (Wildman–Crippen LogP) is 2.48. The van der Waals surface area contributed by atoms with Gasteiger partial charge in [-0.1, -0.05) is 47.5 Å². The molecule has 0 aliphatic rings. The lowest BCUT2D eigenvalue weighted by atomic mass is 9.99. The topological polar surface area (TPSA) is 122 Å². The number of amides is 1. The van der Waals surface area contributed by atoms with E-state index in [4.69, 9.17) is 11.5 Å². The van der Waals surface area contributed by atoms with Crippen LogP contribution in [0.3, 0.4) is 0 Å². The van der Waals surface area contributed by atoms with Gasteiger partial charge in [0.2, 0.25) is 5.91 Å². The van der Waals surface area contributed by atoms with Gasteiger partial charge in [-0.3, -0.25) is 9.00 Å². The van der Waals surface area contributed by atoms with E-state index in [0.717, 1.165) is 16.7 Å². The maximum Gasteiger partial charge on any atom is 0.248 e. The van der Waals surface area contributed by atoms with Crippen LogP contribution in [0.4, 0.5) is 5.82 Å². The quantitative estimate of drug-likeness (QED) is 0.672. The van der Waals surface area contributed by atoms with E-state index in [-0.39, 0.29) is 5.75 Å². The van der Waals surface area contributed by atoms with Crippen molar-refractivity contribution in [1.82, 2.24) is 4.98 Å². The zero-order valence-corrected chi connectivity index (χ0v) is 14.5. The molecular weight excluding hydrogens is 350 g/mol. The molecule has 1 amide bonds. The maximum atomic E-state index is 11.4. The Morgan fingerprint density at radius 2 is 1.77 bits per heavy atom. The fourth-order valence-corrected chi connectivity index (χ4v) is 3.10. The van der Waals surface area contributed by atoms with Crippen LogP contribution in [0.5, 0.6) is 0 Å². The first-order valence-electron chi connectivity index (χ1n) is 7.75. The summed E-state index contributed by atoms with van der Waals surface area (Å²) in [4.78, 5) is 15.6. The van der Waals surface area contributed by atoms with Gasteiger partial charge >= 0.3 is 0 Å². The van der Waals surface area contributed by atoms with Crippen molar-refractivity contribution in [1.29, 1.82) is 0 Å². The summed E-state index contributed by atoms with van der Waals surface area (Å²) in [5, 5.41) is 0. The van der Waals surface area contributed by atoms with Crippen molar-refractivity contribution in [2.24, 2.45) is 5.73 Å². The van der Waals surface area contributed by atoms with Crippen molar-refractivity contribution in [3.63, 3.8) is 0 Å². The average Bonchev–Trinajstić information content (AvgIpc) is 2.62. The number of nitrogens with two attached hydrogens (primary N) is 2. The molecule has 0 aliphatic carbocycles. The second-order valence-electron chi connectivity index (χ2n) is 5.75. The van der Waals surface area contributed by atoms with Crippen LogP contribution in [-0.4, -0.2) is 19.7 Å². The summed E-state index contributed by atoms with van der Waals surface area (Å²) in [6.45, 7) is 0. The van der Waals surface area contributed by atoms with Crippen LogP contribution in [0.25, 0.3) is 22.3 Å². The predicted molar refractivity (Wildman–Crippen MR) is 101 cm³/mol. The molecule has 6 nitrogen and oxygen atoms in total. The van der Waals surface area contributed by atoms with Crippen LogP contribution >= 0.6 is 0 Å². The molecule has 1 atom stereocenters. The van der Waals surface area contributed by atoms with Crippen molar-refractivity contribution in [2.75, 3.05) is 5.73 Å². The van der Waals surface area contributed by atoms with Crippen molar-refractivity contribution >= 4 is 22.8 Å². The highest BCUT2D eigenvalue weighted by atomic mass is 32.2. The lowest BCUT2D eigenvalue weighted by Crippen LogP contribution is -2.10. The summed E-state index contributed by atoms with van der Waals surface area (Å²) >= 11 is -2.12. The Kier molecular flexibility index (Phi) is 5.11. The minimum Gasteiger partial charge on any atom is -0.772 e. The highest BCUT2D eigenvalue weighted by Crippen LogP contribution is 2.30. The lowest BCUT2D eigenvalue weighted by Gasteiger charge is -2.10. The third-order valence-electron chi connectivity index (χ3n) is 3.95. The van der Waals surface area contributed by atoms with Crippen molar-refractivity contribution in [3.8, 4) is 22.3 Å². The van der Waals surface area contributed by atoms with E-state index in [1.165, 1.54) is 0 Å². The van der Waals surface area contributed by atoms with Crippen LogP contribution in [-0.2, 0) is 16.8 Å². The fraction of sp³-hybridized carbons (Fsp3) is 0.0526. The van der Waals surface area contributed by atoms with Crippen LogP contribution in [0, 0.1) is 0 Å². The highest BCUT2D eigenvalue weighted by Gasteiger charge is 2.09. The average molecular weight is 366 g/mol. The van der Waals surface area contributed by atoms with Gasteiger partial charge in [-0.25, -0.2) is 4.98 Å². The molecule has 0 aliphatic heterocycles. The Bertz CT molecular complexity index is 988. The van der Waals surface area contributed by atoms with E-state index >= 15 is 0 Å². The monoisotopic (exact) mass is 366 g/mol. The molecule has 3 aromatic rings. The summed E-state index contributed by atoms with van der Waals surface area (Å²) in [5.74, 6) is -0.194. The molecule has 1 heterocycles. The minimum absolute atomic E-state index is 0.0224. The third-order valence-corrected chi connectivity index (χ3v) is 4.52. The molecule has 132 valence electrons. The normalized spacial score (nSPS) is 11.9. The van der Waals surface area contributed by atoms with Crippen LogP contribution < -0.4 is 11.5 Å². The standard InChI is InChI=1S/C19H17N3O3S/c20-18-17(14-2-1-3-15(8-14)19(21)23)9-16(10-22-18)13-6-4-12(5-7-13)11-26(24)25/h1-10H,11H2,(H2,20,22)(H2,21,23)(H,24,25)/p-1. The van der Waals surface area contributed by atoms with Gasteiger partial charge in [0, 0.05) is 28.6 Å². The molecule has 0 fully saturated rings. The smallest absolute Gasteiger partial charge is 0.248 e. The second-order valence-corrected chi connectivity index (χ2v) is 6.64. The van der Waals surface area contributed by atoms with Crippen LogP contribution in [0.2, 0.25) is 0 Å². The van der Waals surface area contributed by atoms with Gasteiger partial charge in [-0.2, -0.15) is 0 Å². The number of pyridine rings is 1. The Labute approximate surface area is 153 Å². The number of primary amides is 1. The number of benzene rings is 2. The van der Waals surface area contributed by atoms with Crippen molar-refractivity contribution in [2.45, 2.75) is 5.75 Å². The first-order valence-corrected chi connectivity index (χ1v) is 8.99. The number of aromatic nitrogens is 1. The molecule has 0 bridgehead atoms. The van der Waals surface area contributed by atoms with Crippen LogP contribution in [0.1, 0.15) is 15.9 Å². The number of anilines is 1. The van der Waals surface area contributed by atoms with E-state index in [0.29, 0.717) is 22.5 Å². The molecule has 0 spiro atoms. The highest BCUT2D eigenvalue weighted by molar-refractivity contribution is 7.78. The van der Waals surface area contributed by atoms with Gasteiger partial charge in [0.05, 0.1) is 0 Å². The first-order chi connectivity index (χ1) is 12.4. The Hall–Kier alpha value is -3.03. The third kappa shape index (κ3) is 3.96. The molecule has 2 aromatic carbocycles. The molecule has 1 aromatic heterocycles. The van der Waals surface area contributed by atoms with E-state index < -0.39 is 17.0 Å². The molecule has 0 saturated carbocycles. The summed E-state index contributed by atoms with van der Waals surface area (Å²) in [5.41, 5.74) is 15.6. The molecule has 3 rings (SSSR count). The van der Waals surface area contributed by atoms with Crippen LogP contribution in [0.15, 0.2) is 60.8 Å². The zero-order valence-electron chi connectivity index (χ0n) is 13.7. The Morgan fingerprint density at radius 1 is 1.04 bits per heavy atom. The number of carbonyl (C=O) groups excluding carboxylic acids is 1. The van der Waals surface area contributed by atoms with Gasteiger partial charge < -0.3 is 16.0 Å². The van der Waals surface area contributed by atoms with Gasteiger partial charge in [-0.15, -0.1) is 0 Å². The largest absolute Gasteiger partial charge is 0.772 e. The van der Waals surface area contributed by atoms with Gasteiger partial charge in [0.15, 0.2) is 0 Å². The SMILES string of the molecule is NC(=O)c1cccc(-c2cc(-c3ccc(CS(=O)[O-])cc3)cnc2N)c1. The zero-order chi connectivity index (χ0) is 18.7. The van der Waals surface area contributed by atoms with Crippen molar-refractivity contribution in [3.05, 3.63) is 71.9 Å². The van der Waals surface area contributed by atoms with Gasteiger partial charge in [-0.05, 0) is 34.9 Å². The molecule has 0 radical (unpaired) electrons. The molecule has 26 heavy (non-hydrogen) atoms. The maximum absolute atomic E-state index is 11.4. The van der Waals surface area contributed by atoms with E-state index in [1.807, 2.05) is 24.3 Å². The van der Waals surface area contributed by atoms with Crippen molar-refractivity contribution < 1.29 is 13.6 Å². The first kappa shape index (κ1) is 17.8. The number of nitrogens with zero attached hydrogens (tertiary/aromatic N) is 1. The van der Waals surface area contributed by atoms with Gasteiger partial charge in [0.1, 0.15) is 5.82 Å². The number of hydrogen-bond donors (Lipinski definition) is 2. The molecular formula is C19H16N3O3S-. The van der Waals surface area contributed by atoms with Gasteiger partial charge in [0.25, 0.3) is 0 Å². The molecule has 0 saturated heterocycles. The second kappa shape index (κ2) is 7.47. The summed E-state index contributed by atoms with van der Waals surface area (Å²) in [7, 11) is 0. The Balaban J connectivity index is 1.99. The summed E-state index contributed by atoms with van der Waals surface area (Å²) < 4.78 is 21.6. The number of nitrogen functional groups attached to an aromatic ring is 1. The Morgan fingerprint density at radius 3 is 2.42 bits per heavy atom. The van der Waals surface area contributed by atoms with E-state index in [9.17, 15) is 13.6 Å². The number of rotatable bonds is 5.